The predicted molar refractivity (Wildman–Crippen MR) is 110 cm³/mol. The third-order valence-corrected chi connectivity index (χ3v) is 4.16. The van der Waals surface area contributed by atoms with Crippen LogP contribution in [0.15, 0.2) is 40.9 Å². The number of aliphatic hydroxyl groups is 1. The highest BCUT2D eigenvalue weighted by Crippen LogP contribution is 2.35. The fourth-order valence-electron chi connectivity index (χ4n) is 2.97. The van der Waals surface area contributed by atoms with Crippen molar-refractivity contribution in [2.24, 2.45) is 0 Å². The molecule has 0 amide bonds. The number of hydrogen-bond donors (Lipinski definition) is 1. The lowest BCUT2D eigenvalue weighted by molar-refractivity contribution is 0.196. The van der Waals surface area contributed by atoms with Crippen LogP contribution in [0.25, 0.3) is 33.3 Å². The molecule has 0 spiro atoms. The Labute approximate surface area is 167 Å². The van der Waals surface area contributed by atoms with Gasteiger partial charge in [-0.1, -0.05) is 13.8 Å². The van der Waals surface area contributed by atoms with Crippen LogP contribution in [-0.4, -0.2) is 35.4 Å². The number of furan rings is 1. The van der Waals surface area contributed by atoms with Crippen LogP contribution in [0.2, 0.25) is 0 Å². The lowest BCUT2D eigenvalue weighted by atomic mass is 10.1. The SMILES string of the molecule is CC.COc1cnc2c(-c3cc4cc(OCCO)c(F)cc4o3)cc(C)cc2n1. The fraction of sp³-hybridized carbons (Fsp3) is 0.273. The van der Waals surface area contributed by atoms with Crippen molar-refractivity contribution in [1.29, 1.82) is 0 Å². The molecule has 7 heteroatoms. The van der Waals surface area contributed by atoms with Gasteiger partial charge in [-0.05, 0) is 36.8 Å². The summed E-state index contributed by atoms with van der Waals surface area (Å²) in [6.45, 7) is 5.78. The molecule has 0 saturated heterocycles. The highest BCUT2D eigenvalue weighted by molar-refractivity contribution is 5.94. The molecule has 0 aliphatic carbocycles. The largest absolute Gasteiger partial charge is 0.488 e. The van der Waals surface area contributed by atoms with E-state index in [1.807, 2.05) is 32.9 Å². The molecule has 0 saturated carbocycles. The first kappa shape index (κ1) is 20.5. The summed E-state index contributed by atoms with van der Waals surface area (Å²) in [5.41, 5.74) is 3.49. The number of rotatable bonds is 5. The van der Waals surface area contributed by atoms with E-state index in [-0.39, 0.29) is 19.0 Å². The lowest BCUT2D eigenvalue weighted by Crippen LogP contribution is -2.02. The number of aliphatic hydroxyl groups excluding tert-OH is 1. The normalized spacial score (nSPS) is 10.7. The Hall–Kier alpha value is -3.19. The van der Waals surface area contributed by atoms with E-state index in [9.17, 15) is 4.39 Å². The van der Waals surface area contributed by atoms with Gasteiger partial charge in [-0.15, -0.1) is 0 Å². The van der Waals surface area contributed by atoms with Crippen LogP contribution >= 0.6 is 0 Å². The number of nitrogens with zero attached hydrogens (tertiary/aromatic N) is 2. The molecule has 2 aromatic heterocycles. The van der Waals surface area contributed by atoms with Gasteiger partial charge in [0.2, 0.25) is 5.88 Å². The summed E-state index contributed by atoms with van der Waals surface area (Å²) in [6, 6.07) is 8.50. The minimum atomic E-state index is -0.546. The van der Waals surface area contributed by atoms with Gasteiger partial charge in [0, 0.05) is 17.0 Å². The molecular weight excluding hydrogens is 375 g/mol. The number of methoxy groups -OCH3 is 1. The number of benzene rings is 2. The molecule has 29 heavy (non-hydrogen) atoms. The van der Waals surface area contributed by atoms with E-state index in [0.29, 0.717) is 33.6 Å². The molecule has 6 nitrogen and oxygen atoms in total. The second-order valence-corrected chi connectivity index (χ2v) is 6.10. The number of aromatic nitrogens is 2. The molecule has 0 aliphatic rings. The minimum absolute atomic E-state index is 0.0209. The average Bonchev–Trinajstić information content (AvgIpc) is 3.14. The van der Waals surface area contributed by atoms with Gasteiger partial charge >= 0.3 is 0 Å². The van der Waals surface area contributed by atoms with Crippen molar-refractivity contribution in [1.82, 2.24) is 9.97 Å². The number of fused-ring (bicyclic) bond motifs is 2. The summed E-state index contributed by atoms with van der Waals surface area (Å²) in [6.07, 6.45) is 1.55. The maximum atomic E-state index is 14.2. The van der Waals surface area contributed by atoms with Gasteiger partial charge in [0.15, 0.2) is 11.6 Å². The van der Waals surface area contributed by atoms with Gasteiger partial charge < -0.3 is 19.0 Å². The molecule has 2 aromatic carbocycles. The van der Waals surface area contributed by atoms with Crippen molar-refractivity contribution in [3.8, 4) is 23.0 Å². The molecule has 0 unspecified atom stereocenters. The summed E-state index contributed by atoms with van der Waals surface area (Å²) in [4.78, 5) is 8.87. The molecule has 4 rings (SSSR count). The minimum Gasteiger partial charge on any atom is -0.488 e. The second kappa shape index (κ2) is 8.87. The zero-order valence-electron chi connectivity index (χ0n) is 16.8. The monoisotopic (exact) mass is 398 g/mol. The van der Waals surface area contributed by atoms with Crippen LogP contribution in [0.4, 0.5) is 4.39 Å². The maximum Gasteiger partial charge on any atom is 0.232 e. The summed E-state index contributed by atoms with van der Waals surface area (Å²) in [5.74, 6) is 0.506. The Balaban J connectivity index is 0.00000117. The van der Waals surface area contributed by atoms with Crippen molar-refractivity contribution in [3.63, 3.8) is 0 Å². The van der Waals surface area contributed by atoms with Crippen LogP contribution in [0.3, 0.4) is 0 Å². The number of aryl methyl sites for hydroxylation is 1. The van der Waals surface area contributed by atoms with Gasteiger partial charge in [-0.2, -0.15) is 0 Å². The van der Waals surface area contributed by atoms with Crippen LogP contribution < -0.4 is 9.47 Å². The van der Waals surface area contributed by atoms with Crippen LogP contribution in [0, 0.1) is 12.7 Å². The first-order chi connectivity index (χ1) is 14.1. The Bertz CT molecular complexity index is 1140. The zero-order chi connectivity index (χ0) is 21.0. The molecule has 1 N–H and O–H groups in total. The zero-order valence-corrected chi connectivity index (χ0v) is 16.8. The van der Waals surface area contributed by atoms with Crippen molar-refractivity contribution in [3.05, 3.63) is 47.9 Å². The van der Waals surface area contributed by atoms with E-state index in [1.54, 1.807) is 18.3 Å². The van der Waals surface area contributed by atoms with Gasteiger partial charge in [-0.3, -0.25) is 0 Å². The van der Waals surface area contributed by atoms with Gasteiger partial charge in [0.25, 0.3) is 0 Å². The van der Waals surface area contributed by atoms with Crippen molar-refractivity contribution >= 4 is 22.0 Å². The number of hydrogen-bond acceptors (Lipinski definition) is 6. The van der Waals surface area contributed by atoms with Crippen LogP contribution in [0.1, 0.15) is 19.4 Å². The van der Waals surface area contributed by atoms with Crippen molar-refractivity contribution in [2.45, 2.75) is 20.8 Å². The molecule has 0 fully saturated rings. The summed E-state index contributed by atoms with van der Waals surface area (Å²) in [7, 11) is 1.54. The predicted octanol–water partition coefficient (Wildman–Crippen LogP) is 4.90. The highest BCUT2D eigenvalue weighted by atomic mass is 19.1. The van der Waals surface area contributed by atoms with E-state index in [2.05, 4.69) is 9.97 Å². The van der Waals surface area contributed by atoms with Gasteiger partial charge in [-0.25, -0.2) is 14.4 Å². The molecule has 2 heterocycles. The van der Waals surface area contributed by atoms with Gasteiger partial charge in [0.1, 0.15) is 18.0 Å². The molecule has 0 aliphatic heterocycles. The average molecular weight is 398 g/mol. The highest BCUT2D eigenvalue weighted by Gasteiger charge is 2.15. The maximum absolute atomic E-state index is 14.2. The number of ether oxygens (including phenoxy) is 2. The molecule has 0 atom stereocenters. The topological polar surface area (TPSA) is 77.6 Å². The first-order valence-corrected chi connectivity index (χ1v) is 9.37. The molecule has 0 bridgehead atoms. The van der Waals surface area contributed by atoms with E-state index >= 15 is 0 Å². The fourth-order valence-corrected chi connectivity index (χ4v) is 2.97. The molecule has 152 valence electrons. The molecular formula is C22H23FN2O4. The number of halogens is 1. The quantitative estimate of drug-likeness (QED) is 0.515. The molecule has 4 aromatic rings. The van der Waals surface area contributed by atoms with E-state index in [0.717, 1.165) is 11.1 Å². The lowest BCUT2D eigenvalue weighted by Gasteiger charge is -2.06. The van der Waals surface area contributed by atoms with Crippen LogP contribution in [-0.2, 0) is 0 Å². The Morgan fingerprint density at radius 2 is 1.93 bits per heavy atom. The third-order valence-electron chi connectivity index (χ3n) is 4.16. The second-order valence-electron chi connectivity index (χ2n) is 6.10. The van der Waals surface area contributed by atoms with Crippen LogP contribution in [0.5, 0.6) is 11.6 Å². The van der Waals surface area contributed by atoms with E-state index in [1.165, 1.54) is 13.2 Å². The summed E-state index contributed by atoms with van der Waals surface area (Å²) >= 11 is 0. The van der Waals surface area contributed by atoms with Crippen molar-refractivity contribution in [2.75, 3.05) is 20.3 Å². The van der Waals surface area contributed by atoms with Crippen molar-refractivity contribution < 1.29 is 23.4 Å². The van der Waals surface area contributed by atoms with Gasteiger partial charge in [0.05, 0.1) is 30.9 Å². The Morgan fingerprint density at radius 1 is 1.14 bits per heavy atom. The third kappa shape index (κ3) is 4.14. The van der Waals surface area contributed by atoms with E-state index < -0.39 is 5.82 Å². The first-order valence-electron chi connectivity index (χ1n) is 9.37. The van der Waals surface area contributed by atoms with E-state index in [4.69, 9.17) is 19.0 Å². The smallest absolute Gasteiger partial charge is 0.232 e. The summed E-state index contributed by atoms with van der Waals surface area (Å²) in [5, 5.41) is 9.55. The Morgan fingerprint density at radius 3 is 2.66 bits per heavy atom. The summed E-state index contributed by atoms with van der Waals surface area (Å²) < 4.78 is 30.4. The Kier molecular flexibility index (Phi) is 6.29. The molecule has 0 radical (unpaired) electrons. The standard InChI is InChI=1S/C20H17FN2O4.C2H6/c1-11-5-13(20-15(6-11)23-19(25-2)10-22-20)17-7-12-8-18(26-4-3-24)14(21)9-16(12)27-17;1-2/h5-10,24H,3-4H2,1-2H3;1-2H3.